The Morgan fingerprint density at radius 2 is 1.64 bits per heavy atom. The highest BCUT2D eigenvalue weighted by molar-refractivity contribution is 8.00. The molecule has 1 atom stereocenters. The van der Waals surface area contributed by atoms with Crippen LogP contribution >= 0.6 is 23.4 Å². The van der Waals surface area contributed by atoms with Gasteiger partial charge in [-0.1, -0.05) is 23.4 Å². The van der Waals surface area contributed by atoms with Gasteiger partial charge in [-0.2, -0.15) is 5.26 Å². The zero-order chi connectivity index (χ0) is 23.7. The number of aryl methyl sites for hydroxylation is 1. The number of carbonyl (C=O) groups excluding carboxylic acids is 2. The Kier molecular flexibility index (Phi) is 6.41. The van der Waals surface area contributed by atoms with Crippen molar-refractivity contribution >= 4 is 40.9 Å². The lowest BCUT2D eigenvalue weighted by Crippen LogP contribution is -2.31. The second-order valence-corrected chi connectivity index (χ2v) is 9.29. The Balaban J connectivity index is 1.52. The second-order valence-electron chi connectivity index (χ2n) is 7.67. The van der Waals surface area contributed by atoms with Crippen LogP contribution in [0.1, 0.15) is 28.8 Å². The summed E-state index contributed by atoms with van der Waals surface area (Å²) < 4.78 is 5.77. The Hall–Kier alpha value is -3.34. The maximum atomic E-state index is 13.1. The van der Waals surface area contributed by atoms with Crippen LogP contribution in [-0.2, 0) is 9.59 Å². The fourth-order valence-electron chi connectivity index (χ4n) is 3.53. The number of nitrogens with zero attached hydrogens (tertiary/aromatic N) is 3. The number of rotatable bonds is 5. The van der Waals surface area contributed by atoms with Crippen LogP contribution in [0.4, 0.5) is 5.69 Å². The van der Waals surface area contributed by atoms with Crippen molar-refractivity contribution in [2.24, 2.45) is 0 Å². The zero-order valence-corrected chi connectivity index (χ0v) is 19.8. The van der Waals surface area contributed by atoms with Crippen LogP contribution < -0.4 is 9.64 Å². The Bertz CT molecular complexity index is 1280. The van der Waals surface area contributed by atoms with Gasteiger partial charge in [0, 0.05) is 17.1 Å². The van der Waals surface area contributed by atoms with Gasteiger partial charge in [0.2, 0.25) is 11.8 Å². The number of aromatic nitrogens is 1. The third-order valence-corrected chi connectivity index (χ3v) is 7.00. The average Bonchev–Trinajstić information content (AvgIpc) is 3.07. The predicted molar refractivity (Wildman–Crippen MR) is 128 cm³/mol. The van der Waals surface area contributed by atoms with E-state index in [-0.39, 0.29) is 18.2 Å². The molecule has 0 N–H and O–H groups in total. The molecule has 2 heterocycles. The van der Waals surface area contributed by atoms with Gasteiger partial charge in [-0.05, 0) is 80.4 Å². The Labute approximate surface area is 201 Å². The predicted octanol–water partition coefficient (Wildman–Crippen LogP) is 5.75. The maximum absolute atomic E-state index is 13.1. The first-order valence-electron chi connectivity index (χ1n) is 10.2. The molecule has 1 fully saturated rings. The lowest BCUT2D eigenvalue weighted by Gasteiger charge is -2.16. The number of halogens is 1. The quantitative estimate of drug-likeness (QED) is 0.435. The molecule has 3 aromatic rings. The molecule has 1 aliphatic rings. The van der Waals surface area contributed by atoms with Gasteiger partial charge in [0.15, 0.2) is 0 Å². The van der Waals surface area contributed by atoms with E-state index < -0.39 is 5.25 Å². The molecule has 0 bridgehead atoms. The highest BCUT2D eigenvalue weighted by atomic mass is 35.5. The zero-order valence-electron chi connectivity index (χ0n) is 18.3. The van der Waals surface area contributed by atoms with Gasteiger partial charge in [0.05, 0.1) is 16.5 Å². The number of benzene rings is 2. The number of imide groups is 1. The van der Waals surface area contributed by atoms with Crippen LogP contribution in [0.25, 0.3) is 0 Å². The Morgan fingerprint density at radius 3 is 2.24 bits per heavy atom. The molecule has 0 aliphatic carbocycles. The summed E-state index contributed by atoms with van der Waals surface area (Å²) in [6.07, 6.45) is 0.0467. The highest BCUT2D eigenvalue weighted by Gasteiger charge is 2.41. The van der Waals surface area contributed by atoms with Gasteiger partial charge in [-0.25, -0.2) is 9.88 Å². The minimum atomic E-state index is -0.636. The van der Waals surface area contributed by atoms with Gasteiger partial charge < -0.3 is 4.74 Å². The summed E-state index contributed by atoms with van der Waals surface area (Å²) in [5, 5.41) is 10.1. The summed E-state index contributed by atoms with van der Waals surface area (Å²) >= 11 is 7.07. The van der Waals surface area contributed by atoms with Gasteiger partial charge >= 0.3 is 0 Å². The van der Waals surface area contributed by atoms with Crippen molar-refractivity contribution in [3.63, 3.8) is 0 Å². The second kappa shape index (κ2) is 9.26. The third-order valence-electron chi connectivity index (χ3n) is 5.58. The van der Waals surface area contributed by atoms with E-state index in [9.17, 15) is 14.9 Å². The molecule has 1 unspecified atom stereocenters. The number of pyridine rings is 1. The van der Waals surface area contributed by atoms with E-state index in [1.165, 1.54) is 16.7 Å². The van der Waals surface area contributed by atoms with Crippen molar-refractivity contribution < 1.29 is 14.3 Å². The number of carbonyl (C=O) groups is 2. The van der Waals surface area contributed by atoms with E-state index in [1.807, 2.05) is 20.8 Å². The van der Waals surface area contributed by atoms with E-state index in [4.69, 9.17) is 16.3 Å². The first-order valence-corrected chi connectivity index (χ1v) is 11.5. The normalized spacial score (nSPS) is 15.6. The number of amides is 2. The van der Waals surface area contributed by atoms with Crippen molar-refractivity contribution in [2.75, 3.05) is 4.90 Å². The standard InChI is InChI=1S/C25H20ClN3O3S/c1-14-15(2)21(13-27)24(28-16(14)3)33-22-12-23(30)29(25(22)31)18-6-10-20(11-7-18)32-19-8-4-17(26)5-9-19/h4-11,22H,12H2,1-3H3. The average molecular weight is 478 g/mol. The molecule has 0 spiro atoms. The highest BCUT2D eigenvalue weighted by Crippen LogP contribution is 2.36. The van der Waals surface area contributed by atoms with Crippen molar-refractivity contribution in [3.05, 3.63) is 75.9 Å². The fourth-order valence-corrected chi connectivity index (χ4v) is 4.87. The summed E-state index contributed by atoms with van der Waals surface area (Å²) in [7, 11) is 0. The van der Waals surface area contributed by atoms with E-state index >= 15 is 0 Å². The van der Waals surface area contributed by atoms with Gasteiger partial charge in [0.25, 0.3) is 0 Å². The number of anilines is 1. The molecule has 1 aliphatic heterocycles. The number of ether oxygens (including phenoxy) is 1. The molecule has 0 saturated carbocycles. The summed E-state index contributed by atoms with van der Waals surface area (Å²) in [5.74, 6) is 0.585. The van der Waals surface area contributed by atoms with E-state index in [0.29, 0.717) is 32.8 Å². The third kappa shape index (κ3) is 4.58. The topological polar surface area (TPSA) is 83.3 Å². The first kappa shape index (κ1) is 22.8. The van der Waals surface area contributed by atoms with Crippen LogP contribution in [-0.4, -0.2) is 22.0 Å². The molecule has 4 rings (SSSR count). The Morgan fingerprint density at radius 1 is 1.03 bits per heavy atom. The fraction of sp³-hybridized carbons (Fsp3) is 0.200. The van der Waals surface area contributed by atoms with Crippen molar-refractivity contribution in [1.82, 2.24) is 4.98 Å². The van der Waals surface area contributed by atoms with Crippen LogP contribution in [0, 0.1) is 32.1 Å². The summed E-state index contributed by atoms with van der Waals surface area (Å²) in [4.78, 5) is 31.5. The van der Waals surface area contributed by atoms with Crippen LogP contribution in [0.15, 0.2) is 53.6 Å². The monoisotopic (exact) mass is 477 g/mol. The van der Waals surface area contributed by atoms with Crippen LogP contribution in [0.2, 0.25) is 5.02 Å². The van der Waals surface area contributed by atoms with Gasteiger partial charge in [-0.15, -0.1) is 0 Å². The SMILES string of the molecule is Cc1nc(SC2CC(=O)N(c3ccc(Oc4ccc(Cl)cc4)cc3)C2=O)c(C#N)c(C)c1C. The number of nitriles is 1. The van der Waals surface area contributed by atoms with Crippen molar-refractivity contribution in [2.45, 2.75) is 37.5 Å². The smallest absolute Gasteiger partial charge is 0.247 e. The number of hydrogen-bond acceptors (Lipinski definition) is 6. The summed E-state index contributed by atoms with van der Waals surface area (Å²) in [6, 6.07) is 15.9. The molecule has 2 aromatic carbocycles. The lowest BCUT2D eigenvalue weighted by molar-refractivity contribution is -0.121. The summed E-state index contributed by atoms with van der Waals surface area (Å²) in [5.41, 5.74) is 3.52. The minimum Gasteiger partial charge on any atom is -0.457 e. The molecular weight excluding hydrogens is 458 g/mol. The van der Waals surface area contributed by atoms with Crippen LogP contribution in [0.5, 0.6) is 11.5 Å². The van der Waals surface area contributed by atoms with Gasteiger partial charge in [-0.3, -0.25) is 9.59 Å². The maximum Gasteiger partial charge on any atom is 0.247 e. The number of thioether (sulfide) groups is 1. The van der Waals surface area contributed by atoms with E-state index in [1.54, 1.807) is 48.5 Å². The molecule has 33 heavy (non-hydrogen) atoms. The molecule has 6 nitrogen and oxygen atoms in total. The van der Waals surface area contributed by atoms with Crippen molar-refractivity contribution in [1.29, 1.82) is 5.26 Å². The lowest BCUT2D eigenvalue weighted by atomic mass is 10.1. The summed E-state index contributed by atoms with van der Waals surface area (Å²) in [6.45, 7) is 5.66. The van der Waals surface area contributed by atoms with Crippen LogP contribution in [0.3, 0.4) is 0 Å². The first-order chi connectivity index (χ1) is 15.8. The molecule has 8 heteroatoms. The molecule has 0 radical (unpaired) electrons. The van der Waals surface area contributed by atoms with E-state index in [2.05, 4.69) is 11.1 Å². The largest absolute Gasteiger partial charge is 0.457 e. The molecule has 166 valence electrons. The molecular formula is C25H20ClN3O3S. The van der Waals surface area contributed by atoms with E-state index in [0.717, 1.165) is 16.8 Å². The minimum absolute atomic E-state index is 0.0467. The van der Waals surface area contributed by atoms with Gasteiger partial charge in [0.1, 0.15) is 22.6 Å². The van der Waals surface area contributed by atoms with Crippen molar-refractivity contribution in [3.8, 4) is 17.6 Å². The molecule has 1 aromatic heterocycles. The number of hydrogen-bond donors (Lipinski definition) is 0. The molecule has 2 amide bonds. The molecule has 1 saturated heterocycles.